The van der Waals surface area contributed by atoms with Gasteiger partial charge < -0.3 is 5.32 Å². The van der Waals surface area contributed by atoms with Gasteiger partial charge in [-0.05, 0) is 31.6 Å². The molecule has 4 heteroatoms. The Labute approximate surface area is 101 Å². The van der Waals surface area contributed by atoms with Crippen molar-refractivity contribution in [2.45, 2.75) is 13.8 Å². The molecule has 0 bridgehead atoms. The van der Waals surface area contributed by atoms with Gasteiger partial charge in [0.25, 0.3) is 0 Å². The first-order valence-corrected chi connectivity index (χ1v) is 5.58. The molecule has 1 heterocycles. The summed E-state index contributed by atoms with van der Waals surface area (Å²) in [6.07, 6.45) is 0. The Morgan fingerprint density at radius 2 is 1.94 bits per heavy atom. The van der Waals surface area contributed by atoms with Crippen LogP contribution >= 0.6 is 0 Å². The SMILES string of the molecule is CC1=C(C)CN(C(=O)Nc2ccccc2)OC1. The van der Waals surface area contributed by atoms with E-state index in [1.165, 1.54) is 16.2 Å². The predicted molar refractivity (Wildman–Crippen MR) is 66.5 cm³/mol. The molecule has 4 nitrogen and oxygen atoms in total. The van der Waals surface area contributed by atoms with Gasteiger partial charge in [-0.3, -0.25) is 4.84 Å². The van der Waals surface area contributed by atoms with Crippen molar-refractivity contribution in [2.75, 3.05) is 18.5 Å². The van der Waals surface area contributed by atoms with Crippen LogP contribution in [0, 0.1) is 0 Å². The summed E-state index contributed by atoms with van der Waals surface area (Å²) in [5.41, 5.74) is 3.14. The topological polar surface area (TPSA) is 41.6 Å². The van der Waals surface area contributed by atoms with Crippen LogP contribution in [0.25, 0.3) is 0 Å². The van der Waals surface area contributed by atoms with Gasteiger partial charge in [0.05, 0.1) is 13.2 Å². The van der Waals surface area contributed by atoms with E-state index in [4.69, 9.17) is 4.84 Å². The molecule has 0 atom stereocenters. The van der Waals surface area contributed by atoms with Gasteiger partial charge >= 0.3 is 6.03 Å². The molecule has 1 aromatic rings. The van der Waals surface area contributed by atoms with Crippen molar-refractivity contribution in [3.63, 3.8) is 0 Å². The molecule has 1 aliphatic rings. The molecule has 1 N–H and O–H groups in total. The van der Waals surface area contributed by atoms with Crippen molar-refractivity contribution in [1.29, 1.82) is 0 Å². The zero-order valence-electron chi connectivity index (χ0n) is 10.1. The minimum absolute atomic E-state index is 0.233. The molecule has 90 valence electrons. The fourth-order valence-corrected chi connectivity index (χ4v) is 1.53. The van der Waals surface area contributed by atoms with Crippen molar-refractivity contribution in [3.8, 4) is 0 Å². The van der Waals surface area contributed by atoms with E-state index < -0.39 is 0 Å². The highest BCUT2D eigenvalue weighted by molar-refractivity contribution is 5.88. The summed E-state index contributed by atoms with van der Waals surface area (Å²) in [4.78, 5) is 17.2. The second-order valence-electron chi connectivity index (χ2n) is 4.17. The van der Waals surface area contributed by atoms with E-state index in [0.29, 0.717) is 13.2 Å². The first-order valence-electron chi connectivity index (χ1n) is 5.58. The first-order chi connectivity index (χ1) is 8.16. The van der Waals surface area contributed by atoms with E-state index in [1.54, 1.807) is 0 Å². The summed E-state index contributed by atoms with van der Waals surface area (Å²) in [5.74, 6) is 0. The lowest BCUT2D eigenvalue weighted by Gasteiger charge is -2.27. The summed E-state index contributed by atoms with van der Waals surface area (Å²) < 4.78 is 0. The zero-order valence-corrected chi connectivity index (χ0v) is 10.1. The largest absolute Gasteiger partial charge is 0.346 e. The molecule has 0 radical (unpaired) electrons. The molecule has 0 unspecified atom stereocenters. The highest BCUT2D eigenvalue weighted by Crippen LogP contribution is 2.15. The van der Waals surface area contributed by atoms with Gasteiger partial charge in [-0.15, -0.1) is 0 Å². The molecule has 0 aliphatic carbocycles. The average molecular weight is 232 g/mol. The number of hydroxylamine groups is 2. The van der Waals surface area contributed by atoms with Crippen molar-refractivity contribution < 1.29 is 9.63 Å². The van der Waals surface area contributed by atoms with Crippen molar-refractivity contribution in [3.05, 3.63) is 41.5 Å². The standard InChI is InChI=1S/C13H16N2O2/c1-10-8-15(17-9-11(10)2)13(16)14-12-6-4-3-5-7-12/h3-7H,8-9H2,1-2H3,(H,14,16). The third-order valence-electron chi connectivity index (χ3n) is 2.80. The number of amides is 2. The van der Waals surface area contributed by atoms with Crippen LogP contribution in [0.4, 0.5) is 10.5 Å². The fourth-order valence-electron chi connectivity index (χ4n) is 1.53. The number of nitrogens with one attached hydrogen (secondary N) is 1. The number of para-hydroxylation sites is 1. The molecular formula is C13H16N2O2. The normalized spacial score (nSPS) is 16.0. The average Bonchev–Trinajstić information content (AvgIpc) is 2.34. The van der Waals surface area contributed by atoms with Gasteiger partial charge in [0.2, 0.25) is 0 Å². The van der Waals surface area contributed by atoms with E-state index in [0.717, 1.165) is 5.69 Å². The Hall–Kier alpha value is -1.81. The van der Waals surface area contributed by atoms with Crippen molar-refractivity contribution in [2.24, 2.45) is 0 Å². The third kappa shape index (κ3) is 2.85. The molecule has 2 rings (SSSR count). The summed E-state index contributed by atoms with van der Waals surface area (Å²) in [7, 11) is 0. The van der Waals surface area contributed by atoms with Crippen LogP contribution in [-0.2, 0) is 4.84 Å². The highest BCUT2D eigenvalue weighted by atomic mass is 16.7. The van der Waals surface area contributed by atoms with E-state index in [-0.39, 0.29) is 6.03 Å². The molecule has 0 spiro atoms. The predicted octanol–water partition coefficient (Wildman–Crippen LogP) is 2.80. The van der Waals surface area contributed by atoms with Crippen LogP contribution in [0.5, 0.6) is 0 Å². The monoisotopic (exact) mass is 232 g/mol. The number of anilines is 1. The fraction of sp³-hybridized carbons (Fsp3) is 0.308. The van der Waals surface area contributed by atoms with E-state index in [9.17, 15) is 4.79 Å². The second-order valence-corrected chi connectivity index (χ2v) is 4.17. The smallest absolute Gasteiger partial charge is 0.306 e. The number of carbonyl (C=O) groups is 1. The molecule has 2 amide bonds. The van der Waals surface area contributed by atoms with Gasteiger partial charge in [-0.2, -0.15) is 5.06 Å². The number of nitrogens with zero attached hydrogens (tertiary/aromatic N) is 1. The Morgan fingerprint density at radius 1 is 1.24 bits per heavy atom. The maximum atomic E-state index is 11.9. The molecule has 0 saturated carbocycles. The number of benzene rings is 1. The quantitative estimate of drug-likeness (QED) is 0.756. The highest BCUT2D eigenvalue weighted by Gasteiger charge is 2.20. The van der Waals surface area contributed by atoms with Gasteiger partial charge in [0, 0.05) is 5.69 Å². The van der Waals surface area contributed by atoms with E-state index in [1.807, 2.05) is 44.2 Å². The zero-order chi connectivity index (χ0) is 12.3. The Kier molecular flexibility index (Phi) is 3.44. The van der Waals surface area contributed by atoms with Gasteiger partial charge in [0.15, 0.2) is 0 Å². The van der Waals surface area contributed by atoms with Crippen LogP contribution in [-0.4, -0.2) is 24.2 Å². The van der Waals surface area contributed by atoms with Crippen molar-refractivity contribution in [1.82, 2.24) is 5.06 Å². The van der Waals surface area contributed by atoms with E-state index in [2.05, 4.69) is 5.32 Å². The number of urea groups is 1. The minimum atomic E-state index is -0.233. The first kappa shape index (κ1) is 11.7. The lowest BCUT2D eigenvalue weighted by atomic mass is 10.1. The molecule has 0 aromatic heterocycles. The van der Waals surface area contributed by atoms with Crippen LogP contribution in [0.15, 0.2) is 41.5 Å². The van der Waals surface area contributed by atoms with Gasteiger partial charge in [0.1, 0.15) is 0 Å². The molecule has 0 fully saturated rings. The maximum Gasteiger partial charge on any atom is 0.346 e. The molecule has 1 aliphatic heterocycles. The third-order valence-corrected chi connectivity index (χ3v) is 2.80. The summed E-state index contributed by atoms with van der Waals surface area (Å²) in [6, 6.07) is 9.11. The number of hydrogen-bond acceptors (Lipinski definition) is 2. The Morgan fingerprint density at radius 3 is 2.59 bits per heavy atom. The number of rotatable bonds is 1. The minimum Gasteiger partial charge on any atom is -0.306 e. The molecule has 17 heavy (non-hydrogen) atoms. The number of hydrogen-bond donors (Lipinski definition) is 1. The van der Waals surface area contributed by atoms with Crippen LogP contribution in [0.1, 0.15) is 13.8 Å². The van der Waals surface area contributed by atoms with Crippen LogP contribution in [0.2, 0.25) is 0 Å². The Bertz CT molecular complexity index is 440. The van der Waals surface area contributed by atoms with E-state index >= 15 is 0 Å². The molecule has 0 saturated heterocycles. The lowest BCUT2D eigenvalue weighted by molar-refractivity contribution is -0.105. The maximum absolute atomic E-state index is 11.9. The second kappa shape index (κ2) is 5.01. The summed E-state index contributed by atoms with van der Waals surface area (Å²) in [6.45, 7) is 5.03. The van der Waals surface area contributed by atoms with Crippen LogP contribution < -0.4 is 5.32 Å². The van der Waals surface area contributed by atoms with Crippen LogP contribution in [0.3, 0.4) is 0 Å². The van der Waals surface area contributed by atoms with Crippen molar-refractivity contribution >= 4 is 11.7 Å². The lowest BCUT2D eigenvalue weighted by Crippen LogP contribution is -2.39. The van der Waals surface area contributed by atoms with Gasteiger partial charge in [-0.1, -0.05) is 23.8 Å². The summed E-state index contributed by atoms with van der Waals surface area (Å²) in [5, 5.41) is 4.14. The molecular weight excluding hydrogens is 216 g/mol. The summed E-state index contributed by atoms with van der Waals surface area (Å²) >= 11 is 0. The number of carbonyl (C=O) groups excluding carboxylic acids is 1. The molecule has 1 aromatic carbocycles. The van der Waals surface area contributed by atoms with Gasteiger partial charge in [-0.25, -0.2) is 4.79 Å². The Balaban J connectivity index is 1.98.